The van der Waals surface area contributed by atoms with E-state index in [0.717, 1.165) is 0 Å². The Bertz CT molecular complexity index is 963. The number of hydrogen-bond acceptors (Lipinski definition) is 5. The van der Waals surface area contributed by atoms with Crippen LogP contribution in [0.15, 0.2) is 67.0 Å². The lowest BCUT2D eigenvalue weighted by Gasteiger charge is -2.20. The summed E-state index contributed by atoms with van der Waals surface area (Å²) in [5, 5.41) is 2.85. The number of rotatable bonds is 6. The number of benzene rings is 2. The van der Waals surface area contributed by atoms with Crippen LogP contribution >= 0.6 is 0 Å². The first-order valence-electron chi connectivity index (χ1n) is 8.47. The lowest BCUT2D eigenvalue weighted by Crippen LogP contribution is -2.29. The van der Waals surface area contributed by atoms with E-state index in [-0.39, 0.29) is 6.54 Å². The van der Waals surface area contributed by atoms with Gasteiger partial charge < -0.3 is 10.1 Å². The van der Waals surface area contributed by atoms with Crippen LogP contribution in [0, 0.1) is 5.82 Å². The highest BCUT2D eigenvalue weighted by molar-refractivity contribution is 5.76. The molecule has 0 spiro atoms. The van der Waals surface area contributed by atoms with Gasteiger partial charge in [0.2, 0.25) is 0 Å². The van der Waals surface area contributed by atoms with Crippen LogP contribution in [0.4, 0.5) is 23.4 Å². The van der Waals surface area contributed by atoms with E-state index in [2.05, 4.69) is 20.0 Å². The summed E-state index contributed by atoms with van der Waals surface area (Å²) in [4.78, 5) is 19.4. The van der Waals surface area contributed by atoms with Gasteiger partial charge in [-0.15, -0.1) is 0 Å². The first-order valence-corrected chi connectivity index (χ1v) is 8.47. The number of aromatic nitrogens is 2. The average molecular weight is 405 g/mol. The molecule has 0 bridgehead atoms. The van der Waals surface area contributed by atoms with E-state index in [1.807, 2.05) is 0 Å². The number of hydrogen-bond donors (Lipinski definition) is 1. The molecule has 9 heteroatoms. The van der Waals surface area contributed by atoms with Crippen molar-refractivity contribution < 1.29 is 27.1 Å². The molecule has 0 radical (unpaired) electrons. The maximum atomic E-state index is 13.1. The van der Waals surface area contributed by atoms with Crippen LogP contribution in [0.25, 0.3) is 11.3 Å². The van der Waals surface area contributed by atoms with Crippen LogP contribution in [-0.4, -0.2) is 28.7 Å². The zero-order valence-corrected chi connectivity index (χ0v) is 14.9. The van der Waals surface area contributed by atoms with Crippen molar-refractivity contribution in [2.75, 3.05) is 11.9 Å². The minimum atomic E-state index is -5.10. The number of nitrogens with zero attached hydrogens (tertiary/aromatic N) is 2. The molecule has 0 aliphatic heterocycles. The number of esters is 1. The first kappa shape index (κ1) is 20.2. The molecule has 3 rings (SSSR count). The second-order valence-electron chi connectivity index (χ2n) is 5.98. The molecule has 0 aliphatic rings. The summed E-state index contributed by atoms with van der Waals surface area (Å²) >= 11 is 0. The number of alkyl halides is 3. The highest BCUT2D eigenvalue weighted by atomic mass is 19.4. The fraction of sp³-hybridized carbons (Fsp3) is 0.150. The van der Waals surface area contributed by atoms with Gasteiger partial charge >= 0.3 is 12.1 Å². The largest absolute Gasteiger partial charge is 0.490 e. The second kappa shape index (κ2) is 8.68. The smallest absolute Gasteiger partial charge is 0.449 e. The maximum absolute atomic E-state index is 13.1. The maximum Gasteiger partial charge on any atom is 0.490 e. The Hall–Kier alpha value is -3.49. The fourth-order valence-corrected chi connectivity index (χ4v) is 2.52. The Balaban J connectivity index is 1.76. The number of ether oxygens (including phenoxy) is 1. The normalized spacial score (nSPS) is 12.3. The summed E-state index contributed by atoms with van der Waals surface area (Å²) in [6.45, 7) is -0.147. The SMILES string of the molecule is O=C(O[C@@H](CNc1cc(-c2ccc(F)cc2)ncn1)c1ccccc1)C(F)(F)F. The molecule has 0 saturated heterocycles. The summed E-state index contributed by atoms with van der Waals surface area (Å²) in [5.74, 6) is -2.36. The Labute approximate surface area is 163 Å². The fourth-order valence-electron chi connectivity index (χ4n) is 2.52. The number of halogens is 4. The van der Waals surface area contributed by atoms with Crippen molar-refractivity contribution >= 4 is 11.8 Å². The van der Waals surface area contributed by atoms with E-state index < -0.39 is 24.1 Å². The molecule has 1 heterocycles. The van der Waals surface area contributed by atoms with Crippen molar-refractivity contribution in [2.24, 2.45) is 0 Å². The molecule has 0 aliphatic carbocycles. The minimum Gasteiger partial charge on any atom is -0.449 e. The topological polar surface area (TPSA) is 64.1 Å². The van der Waals surface area contributed by atoms with Crippen molar-refractivity contribution in [3.05, 3.63) is 78.4 Å². The molecular weight excluding hydrogens is 390 g/mol. The lowest BCUT2D eigenvalue weighted by atomic mass is 10.1. The van der Waals surface area contributed by atoms with Gasteiger partial charge in [0.1, 0.15) is 24.1 Å². The molecule has 0 fully saturated rings. The third-order valence-corrected chi connectivity index (χ3v) is 3.93. The van der Waals surface area contributed by atoms with Gasteiger partial charge in [0, 0.05) is 11.6 Å². The van der Waals surface area contributed by atoms with E-state index in [1.165, 1.54) is 18.5 Å². The van der Waals surface area contributed by atoms with E-state index in [1.54, 1.807) is 48.5 Å². The Morgan fingerprint density at radius 3 is 2.38 bits per heavy atom. The number of carbonyl (C=O) groups excluding carboxylic acids is 1. The predicted octanol–water partition coefficient (Wildman–Crippen LogP) is 4.54. The van der Waals surface area contributed by atoms with E-state index in [9.17, 15) is 22.4 Å². The molecule has 0 saturated carbocycles. The number of nitrogens with one attached hydrogen (secondary N) is 1. The van der Waals surface area contributed by atoms with Gasteiger partial charge in [0.15, 0.2) is 0 Å². The van der Waals surface area contributed by atoms with Gasteiger partial charge in [-0.3, -0.25) is 0 Å². The van der Waals surface area contributed by atoms with Crippen LogP contribution in [0.5, 0.6) is 0 Å². The predicted molar refractivity (Wildman–Crippen MR) is 97.2 cm³/mol. The van der Waals surface area contributed by atoms with Gasteiger partial charge in [0.25, 0.3) is 0 Å². The zero-order chi connectivity index (χ0) is 20.9. The summed E-state index contributed by atoms with van der Waals surface area (Å²) in [6.07, 6.45) is -5.02. The quantitative estimate of drug-likeness (QED) is 0.482. The average Bonchev–Trinajstić information content (AvgIpc) is 2.71. The third kappa shape index (κ3) is 5.50. The summed E-state index contributed by atoms with van der Waals surface area (Å²) in [5.41, 5.74) is 1.52. The van der Waals surface area contributed by atoms with Crippen LogP contribution in [0.1, 0.15) is 11.7 Å². The van der Waals surface area contributed by atoms with Gasteiger partial charge in [0.05, 0.1) is 12.2 Å². The van der Waals surface area contributed by atoms with Crippen molar-refractivity contribution in [3.8, 4) is 11.3 Å². The molecule has 150 valence electrons. The Morgan fingerprint density at radius 2 is 1.72 bits per heavy atom. The van der Waals surface area contributed by atoms with Gasteiger partial charge in [-0.1, -0.05) is 30.3 Å². The summed E-state index contributed by atoms with van der Waals surface area (Å²) in [6, 6.07) is 15.3. The molecule has 1 aromatic heterocycles. The molecule has 3 aromatic rings. The van der Waals surface area contributed by atoms with Crippen molar-refractivity contribution in [1.82, 2.24) is 9.97 Å². The molecule has 5 nitrogen and oxygen atoms in total. The summed E-state index contributed by atoms with van der Waals surface area (Å²) < 4.78 is 55.6. The van der Waals surface area contributed by atoms with Crippen molar-refractivity contribution in [1.29, 1.82) is 0 Å². The van der Waals surface area contributed by atoms with Crippen LogP contribution in [0.2, 0.25) is 0 Å². The minimum absolute atomic E-state index is 0.147. The van der Waals surface area contributed by atoms with Gasteiger partial charge in [-0.25, -0.2) is 19.2 Å². The number of carbonyl (C=O) groups is 1. The van der Waals surface area contributed by atoms with Crippen LogP contribution in [-0.2, 0) is 9.53 Å². The standard InChI is InChI=1S/C20H15F4N3O2/c21-15-8-6-13(7-9-15)16-10-18(27-12-26-16)25-11-17(14-4-2-1-3-5-14)29-19(28)20(22,23)24/h1-10,12,17H,11H2,(H,25,26,27)/t17-/m0/s1. The highest BCUT2D eigenvalue weighted by Gasteiger charge is 2.42. The van der Waals surface area contributed by atoms with E-state index >= 15 is 0 Å². The summed E-state index contributed by atoms with van der Waals surface area (Å²) in [7, 11) is 0. The van der Waals surface area contributed by atoms with Gasteiger partial charge in [-0.2, -0.15) is 13.2 Å². The first-order chi connectivity index (χ1) is 13.8. The van der Waals surface area contributed by atoms with Crippen molar-refractivity contribution in [3.63, 3.8) is 0 Å². The molecular formula is C20H15F4N3O2. The molecule has 1 atom stereocenters. The Kier molecular flexibility index (Phi) is 6.06. The lowest BCUT2D eigenvalue weighted by molar-refractivity contribution is -0.204. The van der Waals surface area contributed by atoms with E-state index in [0.29, 0.717) is 22.6 Å². The molecule has 2 aromatic carbocycles. The van der Waals surface area contributed by atoms with E-state index in [4.69, 9.17) is 0 Å². The molecule has 1 N–H and O–H groups in total. The molecule has 0 unspecified atom stereocenters. The van der Waals surface area contributed by atoms with Crippen molar-refractivity contribution in [2.45, 2.75) is 12.3 Å². The zero-order valence-electron chi connectivity index (χ0n) is 14.9. The van der Waals surface area contributed by atoms with Gasteiger partial charge in [-0.05, 0) is 29.8 Å². The molecule has 29 heavy (non-hydrogen) atoms. The second-order valence-corrected chi connectivity index (χ2v) is 5.98. The van der Waals surface area contributed by atoms with Crippen LogP contribution in [0.3, 0.4) is 0 Å². The number of anilines is 1. The monoisotopic (exact) mass is 405 g/mol. The van der Waals surface area contributed by atoms with Crippen LogP contribution < -0.4 is 5.32 Å². The molecule has 0 amide bonds. The Morgan fingerprint density at radius 1 is 1.03 bits per heavy atom. The third-order valence-electron chi connectivity index (χ3n) is 3.93. The highest BCUT2D eigenvalue weighted by Crippen LogP contribution is 2.25.